The van der Waals surface area contributed by atoms with Crippen molar-refractivity contribution in [3.05, 3.63) is 42.1 Å². The number of ether oxygens (including phenoxy) is 1. The van der Waals surface area contributed by atoms with Gasteiger partial charge in [-0.25, -0.2) is 9.78 Å². The van der Waals surface area contributed by atoms with E-state index in [4.69, 9.17) is 4.74 Å². The van der Waals surface area contributed by atoms with Crippen LogP contribution in [0.2, 0.25) is 0 Å². The van der Waals surface area contributed by atoms with E-state index < -0.39 is 0 Å². The number of aromatic nitrogens is 1. The van der Waals surface area contributed by atoms with Crippen LogP contribution in [0, 0.1) is 6.92 Å². The monoisotopic (exact) mass is 297 g/mol. The molecule has 5 heteroatoms. The first-order valence-corrected chi connectivity index (χ1v) is 7.35. The van der Waals surface area contributed by atoms with Crippen LogP contribution in [0.5, 0.6) is 5.88 Å². The van der Waals surface area contributed by atoms with Gasteiger partial charge in [0.05, 0.1) is 7.11 Å². The van der Waals surface area contributed by atoms with E-state index in [-0.39, 0.29) is 6.03 Å². The maximum Gasteiger partial charge on any atom is 0.321 e. The SMILES string of the molecule is COc1ncc(-c2cccc(N3CCCNC3=O)c2)cc1C. The van der Waals surface area contributed by atoms with Gasteiger partial charge in [-0.2, -0.15) is 0 Å². The van der Waals surface area contributed by atoms with Crippen molar-refractivity contribution in [1.29, 1.82) is 0 Å². The maximum absolute atomic E-state index is 12.0. The first-order valence-electron chi connectivity index (χ1n) is 7.35. The first kappa shape index (κ1) is 14.4. The molecule has 1 saturated heterocycles. The van der Waals surface area contributed by atoms with Gasteiger partial charge in [0.25, 0.3) is 0 Å². The predicted octanol–water partition coefficient (Wildman–Crippen LogP) is 2.99. The summed E-state index contributed by atoms with van der Waals surface area (Å²) >= 11 is 0. The van der Waals surface area contributed by atoms with Crippen molar-refractivity contribution in [2.75, 3.05) is 25.1 Å². The molecule has 3 rings (SSSR count). The number of benzene rings is 1. The number of nitrogens with one attached hydrogen (secondary N) is 1. The number of aryl methyl sites for hydroxylation is 1. The largest absolute Gasteiger partial charge is 0.481 e. The minimum Gasteiger partial charge on any atom is -0.481 e. The molecule has 1 N–H and O–H groups in total. The summed E-state index contributed by atoms with van der Waals surface area (Å²) in [5, 5.41) is 2.87. The third kappa shape index (κ3) is 2.74. The van der Waals surface area contributed by atoms with Crippen molar-refractivity contribution in [3.63, 3.8) is 0 Å². The van der Waals surface area contributed by atoms with Crippen LogP contribution in [0.15, 0.2) is 36.5 Å². The van der Waals surface area contributed by atoms with E-state index in [0.29, 0.717) is 5.88 Å². The van der Waals surface area contributed by atoms with E-state index in [9.17, 15) is 4.79 Å². The van der Waals surface area contributed by atoms with Gasteiger partial charge in [0.2, 0.25) is 5.88 Å². The van der Waals surface area contributed by atoms with E-state index in [2.05, 4.69) is 10.3 Å². The van der Waals surface area contributed by atoms with Crippen LogP contribution in [0.4, 0.5) is 10.5 Å². The molecule has 5 nitrogen and oxygen atoms in total. The predicted molar refractivity (Wildman–Crippen MR) is 86.3 cm³/mol. The Hall–Kier alpha value is -2.56. The van der Waals surface area contributed by atoms with E-state index in [1.807, 2.05) is 37.3 Å². The average molecular weight is 297 g/mol. The number of nitrogens with zero attached hydrogens (tertiary/aromatic N) is 2. The van der Waals surface area contributed by atoms with Crippen LogP contribution in [0.25, 0.3) is 11.1 Å². The molecule has 2 heterocycles. The minimum absolute atomic E-state index is 0.0348. The van der Waals surface area contributed by atoms with Crippen molar-refractivity contribution in [3.8, 4) is 17.0 Å². The van der Waals surface area contributed by atoms with Crippen molar-refractivity contribution in [1.82, 2.24) is 10.3 Å². The van der Waals surface area contributed by atoms with Gasteiger partial charge in [-0.15, -0.1) is 0 Å². The zero-order valence-corrected chi connectivity index (χ0v) is 12.8. The first-order chi connectivity index (χ1) is 10.7. The summed E-state index contributed by atoms with van der Waals surface area (Å²) in [5.74, 6) is 0.635. The van der Waals surface area contributed by atoms with E-state index >= 15 is 0 Å². The maximum atomic E-state index is 12.0. The lowest BCUT2D eigenvalue weighted by atomic mass is 10.0. The number of anilines is 1. The number of hydrogen-bond acceptors (Lipinski definition) is 3. The van der Waals surface area contributed by atoms with Gasteiger partial charge >= 0.3 is 6.03 Å². The van der Waals surface area contributed by atoms with Crippen LogP contribution in [-0.2, 0) is 0 Å². The Kier molecular flexibility index (Phi) is 3.96. The molecule has 114 valence electrons. The molecule has 0 unspecified atom stereocenters. The number of urea groups is 1. The van der Waals surface area contributed by atoms with Crippen LogP contribution < -0.4 is 15.0 Å². The molecule has 22 heavy (non-hydrogen) atoms. The number of methoxy groups -OCH3 is 1. The summed E-state index contributed by atoms with van der Waals surface area (Å²) in [7, 11) is 1.62. The molecule has 0 atom stereocenters. The Morgan fingerprint density at radius 3 is 2.86 bits per heavy atom. The third-order valence-electron chi connectivity index (χ3n) is 3.79. The smallest absolute Gasteiger partial charge is 0.321 e. The molecule has 1 fully saturated rings. The van der Waals surface area contributed by atoms with Gasteiger partial charge in [-0.3, -0.25) is 4.90 Å². The molecule has 0 aliphatic carbocycles. The third-order valence-corrected chi connectivity index (χ3v) is 3.79. The lowest BCUT2D eigenvalue weighted by Gasteiger charge is -2.27. The lowest BCUT2D eigenvalue weighted by molar-refractivity contribution is 0.243. The summed E-state index contributed by atoms with van der Waals surface area (Å²) in [4.78, 5) is 18.1. The lowest BCUT2D eigenvalue weighted by Crippen LogP contribution is -2.46. The fraction of sp³-hybridized carbons (Fsp3) is 0.294. The number of carbonyl (C=O) groups is 1. The van der Waals surface area contributed by atoms with Crippen molar-refractivity contribution in [2.45, 2.75) is 13.3 Å². The number of amides is 2. The second-order valence-corrected chi connectivity index (χ2v) is 5.34. The van der Waals surface area contributed by atoms with E-state index in [0.717, 1.165) is 41.9 Å². The van der Waals surface area contributed by atoms with Crippen molar-refractivity contribution >= 4 is 11.7 Å². The zero-order valence-electron chi connectivity index (χ0n) is 12.8. The van der Waals surface area contributed by atoms with Gasteiger partial charge < -0.3 is 10.1 Å². The van der Waals surface area contributed by atoms with Gasteiger partial charge in [-0.1, -0.05) is 12.1 Å². The molecule has 1 aliphatic rings. The highest BCUT2D eigenvalue weighted by Crippen LogP contribution is 2.27. The highest BCUT2D eigenvalue weighted by atomic mass is 16.5. The van der Waals surface area contributed by atoms with Crippen molar-refractivity contribution < 1.29 is 9.53 Å². The summed E-state index contributed by atoms with van der Waals surface area (Å²) in [6.07, 6.45) is 2.75. The quantitative estimate of drug-likeness (QED) is 0.947. The Balaban J connectivity index is 1.94. The second kappa shape index (κ2) is 6.05. The normalized spacial score (nSPS) is 14.6. The summed E-state index contributed by atoms with van der Waals surface area (Å²) < 4.78 is 5.20. The molecular weight excluding hydrogens is 278 g/mol. The standard InChI is InChI=1S/C17H19N3O2/c1-12-9-14(11-19-16(12)22-2)13-5-3-6-15(10-13)20-8-4-7-18-17(20)21/h3,5-6,9-11H,4,7-8H2,1-2H3,(H,18,21). The molecule has 0 spiro atoms. The van der Waals surface area contributed by atoms with Gasteiger partial charge in [-0.05, 0) is 37.1 Å². The molecule has 0 radical (unpaired) electrons. The highest BCUT2D eigenvalue weighted by Gasteiger charge is 2.19. The highest BCUT2D eigenvalue weighted by molar-refractivity contribution is 5.93. The Labute approximate surface area is 129 Å². The topological polar surface area (TPSA) is 54.5 Å². The number of pyridine rings is 1. The van der Waals surface area contributed by atoms with Gasteiger partial charge in [0, 0.05) is 36.1 Å². The molecule has 2 aromatic rings. The summed E-state index contributed by atoms with van der Waals surface area (Å²) in [6, 6.07) is 9.97. The zero-order chi connectivity index (χ0) is 15.5. The van der Waals surface area contributed by atoms with Crippen LogP contribution in [0.1, 0.15) is 12.0 Å². The van der Waals surface area contributed by atoms with E-state index in [1.54, 1.807) is 18.2 Å². The molecule has 1 aromatic carbocycles. The van der Waals surface area contributed by atoms with Gasteiger partial charge in [0.1, 0.15) is 0 Å². The Bertz CT molecular complexity index is 700. The minimum atomic E-state index is -0.0348. The van der Waals surface area contributed by atoms with Crippen LogP contribution in [-0.4, -0.2) is 31.2 Å². The summed E-state index contributed by atoms with van der Waals surface area (Å²) in [6.45, 7) is 3.46. The van der Waals surface area contributed by atoms with Crippen molar-refractivity contribution in [2.24, 2.45) is 0 Å². The molecule has 1 aromatic heterocycles. The van der Waals surface area contributed by atoms with E-state index in [1.165, 1.54) is 0 Å². The van der Waals surface area contributed by atoms with Crippen LogP contribution >= 0.6 is 0 Å². The molecule has 1 aliphatic heterocycles. The molecule has 0 bridgehead atoms. The van der Waals surface area contributed by atoms with Crippen LogP contribution in [0.3, 0.4) is 0 Å². The molecule has 2 amide bonds. The Morgan fingerprint density at radius 1 is 1.27 bits per heavy atom. The number of hydrogen-bond donors (Lipinski definition) is 1. The van der Waals surface area contributed by atoms with Gasteiger partial charge in [0.15, 0.2) is 0 Å². The second-order valence-electron chi connectivity index (χ2n) is 5.34. The molecule has 0 saturated carbocycles. The average Bonchev–Trinajstić information content (AvgIpc) is 2.55. The summed E-state index contributed by atoms with van der Waals surface area (Å²) in [5.41, 5.74) is 3.94. The number of carbonyl (C=O) groups excluding carboxylic acids is 1. The molecular formula is C17H19N3O2. The Morgan fingerprint density at radius 2 is 2.14 bits per heavy atom. The number of rotatable bonds is 3. The fourth-order valence-electron chi connectivity index (χ4n) is 2.66. The fourth-order valence-corrected chi connectivity index (χ4v) is 2.66.